The Labute approximate surface area is 168 Å². The van der Waals surface area contributed by atoms with Gasteiger partial charge in [-0.15, -0.1) is 0 Å². The molecule has 28 heavy (non-hydrogen) atoms. The molecule has 0 saturated heterocycles. The van der Waals surface area contributed by atoms with Gasteiger partial charge in [-0.3, -0.25) is 4.21 Å². The van der Waals surface area contributed by atoms with Crippen molar-refractivity contribution in [1.82, 2.24) is 0 Å². The number of carboxylic acid groups (broad SMARTS) is 1. The van der Waals surface area contributed by atoms with Crippen LogP contribution in [0.4, 0.5) is 0 Å². The van der Waals surface area contributed by atoms with Gasteiger partial charge in [0.15, 0.2) is 0 Å². The molecule has 0 spiro atoms. The lowest BCUT2D eigenvalue weighted by Crippen LogP contribution is -2.51. The summed E-state index contributed by atoms with van der Waals surface area (Å²) in [6.07, 6.45) is 1.38. The molecule has 0 heterocycles. The monoisotopic (exact) mass is 395 g/mol. The zero-order valence-corrected chi connectivity index (χ0v) is 16.9. The molecule has 5 heteroatoms. The third kappa shape index (κ3) is 4.74. The molecule has 3 aromatic carbocycles. The second-order valence-corrected chi connectivity index (χ2v) is 7.99. The second-order valence-electron chi connectivity index (χ2n) is 6.47. The summed E-state index contributed by atoms with van der Waals surface area (Å²) in [5.74, 6) is -1.36. The molecule has 146 valence electrons. The van der Waals surface area contributed by atoms with Crippen LogP contribution in [0.15, 0.2) is 91.0 Å². The molecule has 0 unspecified atom stereocenters. The molecule has 0 aliphatic heterocycles. The van der Waals surface area contributed by atoms with Crippen molar-refractivity contribution in [2.24, 2.45) is 0 Å². The van der Waals surface area contributed by atoms with Crippen LogP contribution in [0.3, 0.4) is 0 Å². The maximum absolute atomic E-state index is 12.2. The van der Waals surface area contributed by atoms with E-state index in [4.69, 9.17) is 0 Å². The third-order valence-corrected chi connectivity index (χ3v) is 5.95. The van der Waals surface area contributed by atoms with E-state index in [2.05, 4.69) is 24.8 Å². The molecule has 0 aliphatic rings. The van der Waals surface area contributed by atoms with Crippen LogP contribution < -0.4 is 10.8 Å². The van der Waals surface area contributed by atoms with E-state index < -0.39 is 21.5 Å². The Balaban J connectivity index is 0.000000261. The zero-order chi connectivity index (χ0) is 20.6. The first-order valence-electron chi connectivity index (χ1n) is 8.94. The quantitative estimate of drug-likeness (QED) is 0.717. The Morgan fingerprint density at radius 1 is 0.857 bits per heavy atom. The molecule has 0 radical (unpaired) electrons. The minimum absolute atomic E-state index is 0.409. The minimum atomic E-state index is -1.66. The Hall–Kier alpha value is -2.76. The van der Waals surface area contributed by atoms with E-state index >= 15 is 0 Å². The van der Waals surface area contributed by atoms with Gasteiger partial charge in [0, 0.05) is 22.6 Å². The molecule has 4 nitrogen and oxygen atoms in total. The van der Waals surface area contributed by atoms with Crippen molar-refractivity contribution in [2.45, 2.75) is 17.7 Å². The Kier molecular flexibility index (Phi) is 7.67. The van der Waals surface area contributed by atoms with Gasteiger partial charge in [-0.25, -0.2) is 0 Å². The van der Waals surface area contributed by atoms with Crippen molar-refractivity contribution >= 4 is 16.8 Å². The lowest BCUT2D eigenvalue weighted by molar-refractivity contribution is -0.420. The minimum Gasteiger partial charge on any atom is -0.548 e. The van der Waals surface area contributed by atoms with Crippen LogP contribution in [0, 0.1) is 0 Å². The second kappa shape index (κ2) is 9.97. The van der Waals surface area contributed by atoms with E-state index in [9.17, 15) is 14.1 Å². The van der Waals surface area contributed by atoms with E-state index in [1.54, 1.807) is 60.7 Å². The Morgan fingerprint density at radius 2 is 1.21 bits per heavy atom. The highest BCUT2D eigenvalue weighted by Gasteiger charge is 2.40. The molecule has 3 N–H and O–H groups in total. The standard InChI is InChI=1S/C15H14O3S.C8H11N/c1-19(18)15(14(16)17,12-8-4-2-5-9-12)13-10-6-3-7-11-13;1-7(9)8-5-3-2-4-6-8/h2-11H,1H3,(H,16,17);2-7H,9H2,1H3/t19-;7-/m10/s1. The van der Waals surface area contributed by atoms with E-state index in [0.717, 1.165) is 0 Å². The van der Waals surface area contributed by atoms with Crippen molar-refractivity contribution in [3.05, 3.63) is 108 Å². The van der Waals surface area contributed by atoms with Gasteiger partial charge in [0.05, 0.1) is 5.97 Å². The highest BCUT2D eigenvalue weighted by Crippen LogP contribution is 2.34. The smallest absolute Gasteiger partial charge is 0.135 e. The van der Waals surface area contributed by atoms with E-state index in [0.29, 0.717) is 17.2 Å². The van der Waals surface area contributed by atoms with Crippen LogP contribution in [0.1, 0.15) is 29.7 Å². The number of carbonyl (C=O) groups excluding carboxylic acids is 1. The van der Waals surface area contributed by atoms with Crippen molar-refractivity contribution in [3.8, 4) is 0 Å². The molecule has 2 atom stereocenters. The van der Waals surface area contributed by atoms with Crippen molar-refractivity contribution < 1.29 is 19.8 Å². The predicted molar refractivity (Wildman–Crippen MR) is 110 cm³/mol. The topological polar surface area (TPSA) is 84.8 Å². The maximum Gasteiger partial charge on any atom is 0.135 e. The normalized spacial score (nSPS) is 13.0. The highest BCUT2D eigenvalue weighted by molar-refractivity contribution is 7.86. The van der Waals surface area contributed by atoms with Gasteiger partial charge in [0.25, 0.3) is 0 Å². The Bertz CT molecular complexity index is 841. The van der Waals surface area contributed by atoms with Gasteiger partial charge >= 0.3 is 0 Å². The summed E-state index contributed by atoms with van der Waals surface area (Å²) in [5, 5.41) is 11.8. The van der Waals surface area contributed by atoms with E-state index in [-0.39, 0.29) is 0 Å². The van der Waals surface area contributed by atoms with Gasteiger partial charge in [-0.1, -0.05) is 91.0 Å². The maximum atomic E-state index is 12.2. The fraction of sp³-hybridized carbons (Fsp3) is 0.174. The van der Waals surface area contributed by atoms with Crippen molar-refractivity contribution in [1.29, 1.82) is 0 Å². The van der Waals surface area contributed by atoms with Crippen molar-refractivity contribution in [2.75, 3.05) is 6.26 Å². The molecule has 0 saturated carbocycles. The van der Waals surface area contributed by atoms with E-state index in [1.165, 1.54) is 11.8 Å². The third-order valence-electron chi connectivity index (χ3n) is 4.45. The number of hydrogen-bond acceptors (Lipinski definition) is 3. The predicted octanol–water partition coefficient (Wildman–Crippen LogP) is 2.05. The molecular weight excluding hydrogens is 370 g/mol. The Morgan fingerprint density at radius 3 is 1.46 bits per heavy atom. The largest absolute Gasteiger partial charge is 0.548 e. The molecule has 0 aromatic heterocycles. The van der Waals surface area contributed by atoms with Crippen LogP contribution in [-0.2, 0) is 20.3 Å². The summed E-state index contributed by atoms with van der Waals surface area (Å²) in [4.78, 5) is 11.8. The van der Waals surface area contributed by atoms with Crippen LogP contribution in [0.5, 0.6) is 0 Å². The summed E-state index contributed by atoms with van der Waals surface area (Å²) in [6, 6.07) is 27.8. The number of rotatable bonds is 5. The number of hydrogen-bond donors (Lipinski definition) is 1. The number of carbonyl (C=O) groups is 1. The summed E-state index contributed by atoms with van der Waals surface area (Å²) in [5.41, 5.74) is 6.13. The van der Waals surface area contributed by atoms with E-state index in [1.807, 2.05) is 18.2 Å². The first kappa shape index (κ1) is 21.5. The van der Waals surface area contributed by atoms with Crippen LogP contribution in [-0.4, -0.2) is 16.4 Å². The van der Waals surface area contributed by atoms with Crippen molar-refractivity contribution in [3.63, 3.8) is 0 Å². The highest BCUT2D eigenvalue weighted by atomic mass is 32.2. The van der Waals surface area contributed by atoms with Gasteiger partial charge in [-0.2, -0.15) is 0 Å². The number of benzene rings is 3. The number of aliphatic carboxylic acids is 1. The molecule has 0 aliphatic carbocycles. The fourth-order valence-electron chi connectivity index (χ4n) is 2.98. The van der Waals surface area contributed by atoms with Gasteiger partial charge in [0.2, 0.25) is 0 Å². The first-order chi connectivity index (χ1) is 13.4. The van der Waals surface area contributed by atoms with Gasteiger partial charge in [0.1, 0.15) is 10.8 Å². The van der Waals surface area contributed by atoms with Gasteiger partial charge < -0.3 is 15.6 Å². The lowest BCUT2D eigenvalue weighted by atomic mass is 9.90. The fourth-order valence-corrected chi connectivity index (χ4v) is 4.15. The summed E-state index contributed by atoms with van der Waals surface area (Å²) < 4.78 is 10.6. The average Bonchev–Trinajstić information content (AvgIpc) is 2.71. The summed E-state index contributed by atoms with van der Waals surface area (Å²) in [6.45, 7) is 2.09. The molecule has 3 rings (SSSR count). The molecule has 0 bridgehead atoms. The van der Waals surface area contributed by atoms with Gasteiger partial charge in [-0.05, 0) is 18.1 Å². The number of quaternary nitrogens is 1. The molecular formula is C23H25NO3S. The van der Waals surface area contributed by atoms with Crippen LogP contribution in [0.2, 0.25) is 0 Å². The summed E-state index contributed by atoms with van der Waals surface area (Å²) >= 11 is 0. The molecule has 3 aromatic rings. The first-order valence-corrected chi connectivity index (χ1v) is 10.5. The average molecular weight is 396 g/mol. The molecule has 0 amide bonds. The summed E-state index contributed by atoms with van der Waals surface area (Å²) in [7, 11) is -1.66. The number of carboxylic acids is 1. The van der Waals surface area contributed by atoms with Crippen LogP contribution >= 0.6 is 0 Å². The van der Waals surface area contributed by atoms with Crippen LogP contribution in [0.25, 0.3) is 0 Å². The SMILES string of the molecule is C[C@H]([NH3+])c1ccccc1.C[S@@](=O)C(C(=O)[O-])(c1ccccc1)c1ccccc1. The molecule has 0 fully saturated rings. The zero-order valence-electron chi connectivity index (χ0n) is 16.1. The lowest BCUT2D eigenvalue weighted by Gasteiger charge is -2.33.